The molecule has 33 heavy (non-hydrogen) atoms. The number of methoxy groups -OCH3 is 1. The molecule has 0 aliphatic carbocycles. The maximum absolute atomic E-state index is 15.0. The number of ether oxygens (including phenoxy) is 2. The van der Waals surface area contributed by atoms with Crippen LogP contribution in [-0.4, -0.2) is 47.3 Å². The third kappa shape index (κ3) is 6.14. The Bertz CT molecular complexity index is 1110. The third-order valence-electron chi connectivity index (χ3n) is 5.23. The second kappa shape index (κ2) is 10.7. The molecule has 4 rings (SSSR count). The molecule has 1 fully saturated rings. The van der Waals surface area contributed by atoms with Crippen molar-refractivity contribution in [2.45, 2.75) is 37.5 Å². The topological polar surface area (TPSA) is 59.5 Å². The van der Waals surface area contributed by atoms with Crippen molar-refractivity contribution < 1.29 is 13.9 Å². The molecule has 2 unspecified atom stereocenters. The smallest absolute Gasteiger partial charge is 0.228 e. The Kier molecular flexibility index (Phi) is 7.70. The first-order valence-corrected chi connectivity index (χ1v) is 11.9. The summed E-state index contributed by atoms with van der Waals surface area (Å²) in [6.45, 7) is 6.50. The van der Waals surface area contributed by atoms with E-state index < -0.39 is 0 Å². The molecule has 1 saturated heterocycles. The number of morpholine rings is 1. The summed E-state index contributed by atoms with van der Waals surface area (Å²) in [5, 5.41) is 0.513. The summed E-state index contributed by atoms with van der Waals surface area (Å²) in [6.07, 6.45) is 3.53. The number of pyridine rings is 2. The molecule has 0 amide bonds. The zero-order valence-corrected chi connectivity index (χ0v) is 20.3. The predicted octanol–water partition coefficient (Wildman–Crippen LogP) is 5.67. The number of anilines is 1. The van der Waals surface area contributed by atoms with Crippen LogP contribution in [0, 0.1) is 5.82 Å². The van der Waals surface area contributed by atoms with E-state index in [9.17, 15) is 0 Å². The largest absolute Gasteiger partial charge is 0.480 e. The molecule has 0 radical (unpaired) electrons. The molecule has 6 nitrogen and oxygen atoms in total. The first-order chi connectivity index (χ1) is 15.9. The molecule has 1 N–H and O–H groups in total. The maximum Gasteiger partial charge on any atom is 0.228 e. The summed E-state index contributed by atoms with van der Waals surface area (Å²) in [5.41, 5.74) is 2.71. The summed E-state index contributed by atoms with van der Waals surface area (Å²) in [7, 11) is 1.55. The molecule has 1 aliphatic rings. The van der Waals surface area contributed by atoms with E-state index in [0.29, 0.717) is 28.7 Å². The van der Waals surface area contributed by atoms with Crippen LogP contribution in [0.5, 0.6) is 5.88 Å². The third-order valence-corrected chi connectivity index (χ3v) is 6.28. The Hall–Kier alpha value is -2.39. The van der Waals surface area contributed by atoms with Gasteiger partial charge in [-0.25, -0.2) is 9.37 Å². The molecule has 2 atom stereocenters. The van der Waals surface area contributed by atoms with Crippen LogP contribution in [0.3, 0.4) is 0 Å². The van der Waals surface area contributed by atoms with Crippen molar-refractivity contribution in [2.75, 3.05) is 24.9 Å². The van der Waals surface area contributed by atoms with E-state index in [2.05, 4.69) is 33.4 Å². The van der Waals surface area contributed by atoms with Crippen molar-refractivity contribution in [1.29, 1.82) is 0 Å². The van der Waals surface area contributed by atoms with Gasteiger partial charge in [0.1, 0.15) is 5.82 Å². The monoisotopic (exact) mass is 488 g/mol. The van der Waals surface area contributed by atoms with Gasteiger partial charge in [0.2, 0.25) is 5.88 Å². The van der Waals surface area contributed by atoms with Crippen LogP contribution in [0.15, 0.2) is 53.7 Å². The fourth-order valence-electron chi connectivity index (χ4n) is 3.93. The molecule has 174 valence electrons. The molecule has 9 heteroatoms. The predicted molar refractivity (Wildman–Crippen MR) is 130 cm³/mol. The van der Waals surface area contributed by atoms with Gasteiger partial charge >= 0.3 is 0 Å². The van der Waals surface area contributed by atoms with E-state index in [1.807, 2.05) is 12.1 Å². The Balaban J connectivity index is 1.46. The molecule has 1 aliphatic heterocycles. The lowest BCUT2D eigenvalue weighted by atomic mass is 10.1. The number of halogens is 2. The number of hydrogen-bond donors (Lipinski definition) is 1. The molecule has 0 spiro atoms. The lowest BCUT2D eigenvalue weighted by Crippen LogP contribution is -2.44. The van der Waals surface area contributed by atoms with E-state index in [4.69, 9.17) is 21.1 Å². The van der Waals surface area contributed by atoms with Gasteiger partial charge in [-0.1, -0.05) is 17.7 Å². The van der Waals surface area contributed by atoms with Gasteiger partial charge in [0, 0.05) is 43.3 Å². The van der Waals surface area contributed by atoms with Gasteiger partial charge in [-0.15, -0.1) is 0 Å². The minimum absolute atomic E-state index is 0.179. The Morgan fingerprint density at radius 3 is 2.70 bits per heavy atom. The van der Waals surface area contributed by atoms with Gasteiger partial charge < -0.3 is 14.2 Å². The van der Waals surface area contributed by atoms with Gasteiger partial charge in [-0.05, 0) is 61.7 Å². The summed E-state index contributed by atoms with van der Waals surface area (Å²) in [6, 6.07) is 10.7. The van der Waals surface area contributed by atoms with Crippen LogP contribution in [0.2, 0.25) is 5.02 Å². The van der Waals surface area contributed by atoms with Crippen LogP contribution in [0.1, 0.15) is 19.4 Å². The van der Waals surface area contributed by atoms with Crippen molar-refractivity contribution in [2.24, 2.45) is 0 Å². The van der Waals surface area contributed by atoms with Gasteiger partial charge in [-0.2, -0.15) is 0 Å². The maximum atomic E-state index is 15.0. The molecule has 1 aromatic carbocycles. The molecular weight excluding hydrogens is 463 g/mol. The Morgan fingerprint density at radius 2 is 1.97 bits per heavy atom. The highest BCUT2D eigenvalue weighted by atomic mass is 35.5. The summed E-state index contributed by atoms with van der Waals surface area (Å²) < 4.78 is 29.3. The lowest BCUT2D eigenvalue weighted by molar-refractivity contribution is -0.0705. The fraction of sp³-hybridized carbons (Fsp3) is 0.333. The SMILES string of the molecule is COc1ncc(Cl)cc1SNc1ccnc(-c2ccc(CN3CC(C)OC(C)C3)cc2F)c1. The zero-order chi connectivity index (χ0) is 23.4. The van der Waals surface area contributed by atoms with Crippen LogP contribution in [0.25, 0.3) is 11.3 Å². The number of benzene rings is 1. The normalized spacial score (nSPS) is 18.8. The lowest BCUT2D eigenvalue weighted by Gasteiger charge is -2.35. The van der Waals surface area contributed by atoms with E-state index >= 15 is 4.39 Å². The minimum Gasteiger partial charge on any atom is -0.480 e. The van der Waals surface area contributed by atoms with Crippen molar-refractivity contribution in [1.82, 2.24) is 14.9 Å². The number of nitrogens with zero attached hydrogens (tertiary/aromatic N) is 3. The second-order valence-corrected chi connectivity index (χ2v) is 9.34. The molecular formula is C24H26ClFN4O2S. The first-order valence-electron chi connectivity index (χ1n) is 10.7. The van der Waals surface area contributed by atoms with Crippen molar-refractivity contribution >= 4 is 29.2 Å². The van der Waals surface area contributed by atoms with Crippen LogP contribution < -0.4 is 9.46 Å². The number of rotatable bonds is 7. The van der Waals surface area contributed by atoms with Crippen LogP contribution >= 0.6 is 23.5 Å². The molecule has 3 aromatic rings. The van der Waals surface area contributed by atoms with E-state index in [0.717, 1.165) is 29.2 Å². The van der Waals surface area contributed by atoms with Gasteiger partial charge in [-0.3, -0.25) is 9.88 Å². The van der Waals surface area contributed by atoms with E-state index in [1.54, 1.807) is 37.6 Å². The number of aromatic nitrogens is 2. The summed E-state index contributed by atoms with van der Waals surface area (Å²) >= 11 is 7.36. The number of nitrogens with one attached hydrogen (secondary N) is 1. The van der Waals surface area contributed by atoms with Crippen molar-refractivity contribution in [3.05, 3.63) is 65.2 Å². The van der Waals surface area contributed by atoms with Crippen molar-refractivity contribution in [3.63, 3.8) is 0 Å². The van der Waals surface area contributed by atoms with Crippen LogP contribution in [0.4, 0.5) is 10.1 Å². The molecule has 3 heterocycles. The van der Waals surface area contributed by atoms with E-state index in [1.165, 1.54) is 18.1 Å². The van der Waals surface area contributed by atoms with Crippen LogP contribution in [-0.2, 0) is 11.3 Å². The highest BCUT2D eigenvalue weighted by Gasteiger charge is 2.22. The summed E-state index contributed by atoms with van der Waals surface area (Å²) in [5.74, 6) is 0.178. The fourth-order valence-corrected chi connectivity index (χ4v) is 4.91. The highest BCUT2D eigenvalue weighted by molar-refractivity contribution is 8.00. The van der Waals surface area contributed by atoms with Gasteiger partial charge in [0.15, 0.2) is 0 Å². The first kappa shape index (κ1) is 23.8. The number of hydrogen-bond acceptors (Lipinski definition) is 7. The summed E-state index contributed by atoms with van der Waals surface area (Å²) in [4.78, 5) is 11.6. The minimum atomic E-state index is -0.292. The molecule has 0 saturated carbocycles. The Labute approximate surface area is 202 Å². The highest BCUT2D eigenvalue weighted by Crippen LogP contribution is 2.32. The zero-order valence-electron chi connectivity index (χ0n) is 18.7. The molecule has 0 bridgehead atoms. The Morgan fingerprint density at radius 1 is 1.18 bits per heavy atom. The van der Waals surface area contributed by atoms with Gasteiger partial charge in [0.05, 0.1) is 34.9 Å². The average Bonchev–Trinajstić information content (AvgIpc) is 2.77. The average molecular weight is 489 g/mol. The van der Waals surface area contributed by atoms with Crippen molar-refractivity contribution in [3.8, 4) is 17.1 Å². The second-order valence-electron chi connectivity index (χ2n) is 8.06. The van der Waals surface area contributed by atoms with Gasteiger partial charge in [0.25, 0.3) is 0 Å². The van der Waals surface area contributed by atoms with E-state index in [-0.39, 0.29) is 18.0 Å². The molecule has 2 aromatic heterocycles. The standard InChI is InChI=1S/C24H26ClFN4O2S/c1-15-12-30(13-16(2)32-15)14-17-4-5-20(21(26)8-17)22-10-19(6-7-27-22)29-33-23-9-18(25)11-28-24(23)31-3/h4-11,15-16H,12-14H2,1-3H3,(H,27,29). The quantitative estimate of drug-likeness (QED) is 0.430.